The van der Waals surface area contributed by atoms with Crippen LogP contribution in [0.1, 0.15) is 52.5 Å². The third-order valence-corrected chi connectivity index (χ3v) is 2.90. The molecule has 18 heavy (non-hydrogen) atoms. The zero-order chi connectivity index (χ0) is 13.4. The highest BCUT2D eigenvalue weighted by molar-refractivity contribution is 5.51. The fraction of sp³-hybridized carbons (Fsp3) is 0.625. The highest BCUT2D eigenvalue weighted by Crippen LogP contribution is 2.19. The molecule has 0 aliphatic rings. The Kier molecular flexibility index (Phi) is 6.81. The fourth-order valence-electron chi connectivity index (χ4n) is 2.11. The van der Waals surface area contributed by atoms with Crippen molar-refractivity contribution < 1.29 is 4.74 Å². The summed E-state index contributed by atoms with van der Waals surface area (Å²) in [5.74, 6) is 0. The van der Waals surface area contributed by atoms with E-state index in [0.717, 1.165) is 6.42 Å². The Balaban J connectivity index is 2.58. The molecular weight excluding hydrogens is 222 g/mol. The molecule has 2 nitrogen and oxygen atoms in total. The molecule has 1 unspecified atom stereocenters. The normalized spacial score (nSPS) is 12.7. The van der Waals surface area contributed by atoms with Crippen molar-refractivity contribution in [3.05, 3.63) is 29.8 Å². The Morgan fingerprint density at radius 2 is 1.83 bits per heavy atom. The van der Waals surface area contributed by atoms with Crippen molar-refractivity contribution in [2.75, 3.05) is 5.32 Å². The summed E-state index contributed by atoms with van der Waals surface area (Å²) in [4.78, 5) is 0. The van der Waals surface area contributed by atoms with Gasteiger partial charge in [-0.1, -0.05) is 38.0 Å². The summed E-state index contributed by atoms with van der Waals surface area (Å²) < 4.78 is 5.72. The molecule has 0 bridgehead atoms. The van der Waals surface area contributed by atoms with Gasteiger partial charge in [0.1, 0.15) is 6.23 Å². The standard InChI is InChI=1S/C16H27NO/c1-5-6-7-10-15-11-8-9-12-16(15)17-14(4)18-13(2)3/h8-9,11-14,17H,5-7,10H2,1-4H3. The van der Waals surface area contributed by atoms with Crippen molar-refractivity contribution in [1.82, 2.24) is 0 Å². The van der Waals surface area contributed by atoms with E-state index in [0.29, 0.717) is 0 Å². The second-order valence-electron chi connectivity index (χ2n) is 5.09. The molecule has 0 radical (unpaired) electrons. The first-order valence-electron chi connectivity index (χ1n) is 7.13. The lowest BCUT2D eigenvalue weighted by atomic mass is 10.1. The molecular formula is C16H27NO. The largest absolute Gasteiger partial charge is 0.360 e. The van der Waals surface area contributed by atoms with Gasteiger partial charge in [-0.3, -0.25) is 0 Å². The SMILES string of the molecule is CCCCCc1ccccc1NC(C)OC(C)C. The zero-order valence-electron chi connectivity index (χ0n) is 12.2. The monoisotopic (exact) mass is 249 g/mol. The number of hydrogen-bond acceptors (Lipinski definition) is 2. The number of benzene rings is 1. The predicted octanol–water partition coefficient (Wildman–Crippen LogP) is 4.60. The maximum atomic E-state index is 5.72. The van der Waals surface area contributed by atoms with Gasteiger partial charge in [0.25, 0.3) is 0 Å². The Morgan fingerprint density at radius 3 is 2.50 bits per heavy atom. The second-order valence-corrected chi connectivity index (χ2v) is 5.09. The third kappa shape index (κ3) is 5.54. The molecule has 2 heteroatoms. The van der Waals surface area contributed by atoms with Crippen LogP contribution in [-0.4, -0.2) is 12.3 Å². The Hall–Kier alpha value is -1.02. The first kappa shape index (κ1) is 15.0. The van der Waals surface area contributed by atoms with Gasteiger partial charge in [-0.05, 0) is 45.2 Å². The fourth-order valence-corrected chi connectivity index (χ4v) is 2.11. The lowest BCUT2D eigenvalue weighted by Crippen LogP contribution is -2.23. The van der Waals surface area contributed by atoms with Crippen LogP contribution in [0.25, 0.3) is 0 Å². The van der Waals surface area contributed by atoms with Crippen molar-refractivity contribution in [3.8, 4) is 0 Å². The number of rotatable bonds is 8. The Morgan fingerprint density at radius 1 is 1.11 bits per heavy atom. The van der Waals surface area contributed by atoms with Crippen molar-refractivity contribution in [2.45, 2.75) is 65.7 Å². The molecule has 102 valence electrons. The molecule has 0 aliphatic carbocycles. The van der Waals surface area contributed by atoms with E-state index in [2.05, 4.69) is 57.3 Å². The van der Waals surface area contributed by atoms with E-state index < -0.39 is 0 Å². The number of para-hydroxylation sites is 1. The summed E-state index contributed by atoms with van der Waals surface area (Å²) in [7, 11) is 0. The third-order valence-electron chi connectivity index (χ3n) is 2.90. The number of aryl methyl sites for hydroxylation is 1. The van der Waals surface area contributed by atoms with Crippen LogP contribution in [-0.2, 0) is 11.2 Å². The smallest absolute Gasteiger partial charge is 0.125 e. The Labute approximate surface area is 112 Å². The second kappa shape index (κ2) is 8.15. The van der Waals surface area contributed by atoms with Crippen LogP contribution in [0.5, 0.6) is 0 Å². The van der Waals surface area contributed by atoms with Gasteiger partial charge in [-0.2, -0.15) is 0 Å². The minimum Gasteiger partial charge on any atom is -0.360 e. The molecule has 0 saturated carbocycles. The number of unbranched alkanes of at least 4 members (excludes halogenated alkanes) is 2. The number of nitrogens with one attached hydrogen (secondary N) is 1. The van der Waals surface area contributed by atoms with E-state index in [1.54, 1.807) is 0 Å². The van der Waals surface area contributed by atoms with Gasteiger partial charge in [0.05, 0.1) is 6.10 Å². The molecule has 0 saturated heterocycles. The van der Waals surface area contributed by atoms with Crippen LogP contribution in [0.15, 0.2) is 24.3 Å². The quantitative estimate of drug-likeness (QED) is 0.537. The summed E-state index contributed by atoms with van der Waals surface area (Å²) in [6.07, 6.45) is 5.27. The van der Waals surface area contributed by atoms with Crippen molar-refractivity contribution in [1.29, 1.82) is 0 Å². The summed E-state index contributed by atoms with van der Waals surface area (Å²) in [5, 5.41) is 3.45. The van der Waals surface area contributed by atoms with E-state index in [4.69, 9.17) is 4.74 Å². The highest BCUT2D eigenvalue weighted by Gasteiger charge is 2.07. The van der Waals surface area contributed by atoms with Crippen LogP contribution in [0.4, 0.5) is 5.69 Å². The topological polar surface area (TPSA) is 21.3 Å². The molecule has 1 aromatic rings. The van der Waals surface area contributed by atoms with Gasteiger partial charge in [-0.15, -0.1) is 0 Å². The molecule has 0 aromatic heterocycles. The zero-order valence-corrected chi connectivity index (χ0v) is 12.2. The first-order chi connectivity index (χ1) is 8.63. The van der Waals surface area contributed by atoms with Crippen molar-refractivity contribution >= 4 is 5.69 Å². The van der Waals surface area contributed by atoms with Crippen molar-refractivity contribution in [2.24, 2.45) is 0 Å². The van der Waals surface area contributed by atoms with E-state index in [1.165, 1.54) is 30.5 Å². The molecule has 0 fully saturated rings. The summed E-state index contributed by atoms with van der Waals surface area (Å²) in [5.41, 5.74) is 2.60. The van der Waals surface area contributed by atoms with Gasteiger partial charge < -0.3 is 10.1 Å². The van der Waals surface area contributed by atoms with Gasteiger partial charge in [0.15, 0.2) is 0 Å². The lowest BCUT2D eigenvalue weighted by molar-refractivity contribution is 0.0351. The minimum atomic E-state index is 0.0531. The Bertz CT molecular complexity index is 336. The highest BCUT2D eigenvalue weighted by atomic mass is 16.5. The summed E-state index contributed by atoms with van der Waals surface area (Å²) in [6.45, 7) is 8.42. The molecule has 1 N–H and O–H groups in total. The van der Waals surface area contributed by atoms with Gasteiger partial charge in [0.2, 0.25) is 0 Å². The molecule has 1 atom stereocenters. The van der Waals surface area contributed by atoms with E-state index in [9.17, 15) is 0 Å². The molecule has 1 aromatic carbocycles. The molecule has 1 rings (SSSR count). The van der Waals surface area contributed by atoms with Crippen LogP contribution < -0.4 is 5.32 Å². The van der Waals surface area contributed by atoms with Gasteiger partial charge in [-0.25, -0.2) is 0 Å². The van der Waals surface area contributed by atoms with E-state index in [-0.39, 0.29) is 12.3 Å². The summed E-state index contributed by atoms with van der Waals surface area (Å²) in [6, 6.07) is 8.54. The van der Waals surface area contributed by atoms with E-state index >= 15 is 0 Å². The molecule has 0 aliphatic heterocycles. The van der Waals surface area contributed by atoms with Crippen molar-refractivity contribution in [3.63, 3.8) is 0 Å². The maximum absolute atomic E-state index is 5.72. The van der Waals surface area contributed by atoms with Crippen LogP contribution in [0.3, 0.4) is 0 Å². The van der Waals surface area contributed by atoms with Gasteiger partial charge in [0, 0.05) is 5.69 Å². The average Bonchev–Trinajstić information content (AvgIpc) is 2.30. The van der Waals surface area contributed by atoms with Gasteiger partial charge >= 0.3 is 0 Å². The van der Waals surface area contributed by atoms with Crippen LogP contribution in [0, 0.1) is 0 Å². The van der Waals surface area contributed by atoms with Crippen LogP contribution in [0.2, 0.25) is 0 Å². The summed E-state index contributed by atoms with van der Waals surface area (Å²) >= 11 is 0. The van der Waals surface area contributed by atoms with Crippen LogP contribution >= 0.6 is 0 Å². The molecule has 0 amide bonds. The predicted molar refractivity (Wildman–Crippen MR) is 79.0 cm³/mol. The van der Waals surface area contributed by atoms with E-state index in [1.807, 2.05) is 0 Å². The number of anilines is 1. The first-order valence-corrected chi connectivity index (χ1v) is 7.13. The lowest BCUT2D eigenvalue weighted by Gasteiger charge is -2.20. The molecule has 0 heterocycles. The minimum absolute atomic E-state index is 0.0531. The maximum Gasteiger partial charge on any atom is 0.125 e. The number of ether oxygens (including phenoxy) is 1. The molecule has 0 spiro atoms. The number of hydrogen-bond donors (Lipinski definition) is 1. The average molecular weight is 249 g/mol.